The van der Waals surface area contributed by atoms with Crippen molar-refractivity contribution < 1.29 is 51.1 Å². The zero-order valence-corrected chi connectivity index (χ0v) is 54.8. The molecular formula is C69H71ClF4N10O7S2. The van der Waals surface area contributed by atoms with Gasteiger partial charge in [-0.25, -0.2) is 32.3 Å². The lowest BCUT2D eigenvalue weighted by Crippen LogP contribution is -2.45. The van der Waals surface area contributed by atoms with E-state index in [1.165, 1.54) is 30.3 Å². The van der Waals surface area contributed by atoms with Crippen LogP contribution in [0.4, 0.5) is 45.6 Å². The number of thiophene rings is 2. The van der Waals surface area contributed by atoms with E-state index < -0.39 is 41.9 Å². The van der Waals surface area contributed by atoms with Crippen LogP contribution in [0.25, 0.3) is 33.4 Å². The fraction of sp³-hybridized carbons (Fsp3) is 0.246. The third kappa shape index (κ3) is 19.3. The first-order valence-corrected chi connectivity index (χ1v) is 31.1. The normalized spacial score (nSPS) is 11.9. The Bertz CT molecular complexity index is 4190. The SMILES string of the molecule is C=CC(=O)Cl.C=CC(=O)Nc1cccc(-n2c(NC(=O)c3ccc(C(F)F)s3)nc3cc(CN(C(=O)OCc4ccccc4)[C@@H](C)C(C)(C)C)ccc32)c1.C=CC(=O)Nc1cccc(-n2c(NC(=O)c3ccc(C(F)F)s3)nc3cc(CN[C@@H](C)C(C)(C)C)ccc32)c1. The molecule has 4 heterocycles. The first-order valence-electron chi connectivity index (χ1n) is 29.1. The van der Waals surface area contributed by atoms with Crippen molar-refractivity contribution in [3.8, 4) is 11.4 Å². The van der Waals surface area contributed by atoms with Gasteiger partial charge < -0.3 is 25.6 Å². The number of hydrogen-bond donors (Lipinski definition) is 5. The van der Waals surface area contributed by atoms with Crippen molar-refractivity contribution in [3.63, 3.8) is 0 Å². The fourth-order valence-corrected chi connectivity index (χ4v) is 10.4. The Morgan fingerprint density at radius 2 is 1.04 bits per heavy atom. The van der Waals surface area contributed by atoms with Crippen LogP contribution in [0.15, 0.2) is 177 Å². The first-order chi connectivity index (χ1) is 44.1. The second kappa shape index (κ2) is 31.7. The molecule has 4 aromatic heterocycles. The summed E-state index contributed by atoms with van der Waals surface area (Å²) in [5, 5.41) is 14.1. The number of anilines is 4. The lowest BCUT2D eigenvalue weighted by atomic mass is 9.87. The van der Waals surface area contributed by atoms with Crippen molar-refractivity contribution in [2.75, 3.05) is 21.3 Å². The van der Waals surface area contributed by atoms with E-state index in [1.54, 1.807) is 56.5 Å². The van der Waals surface area contributed by atoms with Gasteiger partial charge in [-0.05, 0) is 156 Å². The second-order valence-corrected chi connectivity index (χ2v) is 25.9. The number of nitrogens with zero attached hydrogens (tertiary/aromatic N) is 5. The van der Waals surface area contributed by atoms with Crippen molar-refractivity contribution in [2.45, 2.75) is 100 Å². The van der Waals surface area contributed by atoms with Gasteiger partial charge in [0.2, 0.25) is 29.0 Å². The molecule has 9 rings (SSSR count). The number of benzene rings is 5. The highest BCUT2D eigenvalue weighted by Gasteiger charge is 2.32. The van der Waals surface area contributed by atoms with E-state index in [2.05, 4.69) is 94.8 Å². The molecule has 0 aliphatic carbocycles. The average Bonchev–Trinajstić information content (AvgIpc) is 1.66. The summed E-state index contributed by atoms with van der Waals surface area (Å²) in [4.78, 5) is 84.1. The molecular weight excluding hydrogens is 1260 g/mol. The van der Waals surface area contributed by atoms with E-state index in [0.29, 0.717) is 57.2 Å². The van der Waals surface area contributed by atoms with Crippen molar-refractivity contribution in [3.05, 3.63) is 214 Å². The van der Waals surface area contributed by atoms with Gasteiger partial charge in [0.15, 0.2) is 0 Å². The van der Waals surface area contributed by atoms with Crippen LogP contribution in [-0.4, -0.2) is 71.1 Å². The Balaban J connectivity index is 0.000000251. The number of hydrogen-bond acceptors (Lipinski definition) is 12. The number of imidazole rings is 2. The van der Waals surface area contributed by atoms with Crippen LogP contribution < -0.4 is 26.6 Å². The molecule has 0 aliphatic rings. The topological polar surface area (TPSA) is 211 Å². The summed E-state index contributed by atoms with van der Waals surface area (Å²) in [6.07, 6.45) is -2.43. The van der Waals surface area contributed by atoms with Crippen LogP contribution in [0.1, 0.15) is 114 Å². The van der Waals surface area contributed by atoms with Crippen LogP contribution >= 0.6 is 34.3 Å². The van der Waals surface area contributed by atoms with Crippen LogP contribution in [0, 0.1) is 10.8 Å². The molecule has 5 N–H and O–H groups in total. The summed E-state index contributed by atoms with van der Waals surface area (Å²) in [6.45, 7) is 27.9. The minimum atomic E-state index is -2.70. The maximum absolute atomic E-state index is 13.5. The highest BCUT2D eigenvalue weighted by atomic mass is 35.5. The van der Waals surface area contributed by atoms with Crippen LogP contribution in [-0.2, 0) is 38.8 Å². The molecule has 0 fully saturated rings. The lowest BCUT2D eigenvalue weighted by Gasteiger charge is -2.37. The summed E-state index contributed by atoms with van der Waals surface area (Å²) >= 11 is 6.15. The zero-order chi connectivity index (χ0) is 67.9. The summed E-state index contributed by atoms with van der Waals surface area (Å²) in [5.74, 6) is -1.53. The number of halogens is 5. The van der Waals surface area contributed by atoms with E-state index in [9.17, 15) is 46.3 Å². The smallest absolute Gasteiger partial charge is 0.410 e. The molecule has 17 nitrogen and oxygen atoms in total. The Labute approximate surface area is 549 Å². The number of nitrogens with one attached hydrogen (secondary N) is 5. The van der Waals surface area contributed by atoms with Gasteiger partial charge in [0, 0.05) is 36.5 Å². The van der Waals surface area contributed by atoms with Gasteiger partial charge in [-0.2, -0.15) is 0 Å². The maximum atomic E-state index is 13.5. The molecule has 5 amide bonds. The number of carbonyl (C=O) groups excluding carboxylic acids is 6. The summed E-state index contributed by atoms with van der Waals surface area (Å²) in [6, 6.07) is 40.1. The molecule has 24 heteroatoms. The number of carbonyl (C=O) groups is 6. The number of alkyl halides is 4. The predicted molar refractivity (Wildman–Crippen MR) is 362 cm³/mol. The van der Waals surface area contributed by atoms with Crippen molar-refractivity contribution >= 4 is 115 Å². The van der Waals surface area contributed by atoms with Crippen LogP contribution in [0.3, 0.4) is 0 Å². The molecule has 0 unspecified atom stereocenters. The van der Waals surface area contributed by atoms with E-state index in [1.807, 2.05) is 79.7 Å². The number of fused-ring (bicyclic) bond motifs is 2. The zero-order valence-electron chi connectivity index (χ0n) is 52.4. The van der Waals surface area contributed by atoms with Crippen molar-refractivity contribution in [1.82, 2.24) is 29.3 Å². The minimum absolute atomic E-state index is 0.0984. The number of aromatic nitrogens is 4. The molecule has 0 aliphatic heterocycles. The number of amides is 5. The molecule has 0 radical (unpaired) electrons. The molecule has 0 saturated carbocycles. The van der Waals surface area contributed by atoms with Gasteiger partial charge in [0.05, 0.1) is 53.0 Å². The van der Waals surface area contributed by atoms with Gasteiger partial charge in [0.1, 0.15) is 6.61 Å². The standard InChI is InChI=1S/C37H37F2N5O4S.C29H31F2N5O2S.C3H3ClO/c1-6-32(45)40-26-13-10-14-27(20-26)44-29-16-15-25(19-28(29)41-35(44)42-34(46)31-18-17-30(49-31)33(38)39)21-43(23(2)37(3,4)5)36(47)48-22-24-11-8-7-9-12-24;1-6-25(37)33-19-8-7-9-20(15-19)36-22-11-10-18(16-32-17(2)29(3,4)5)14-21(22)34-28(36)35-27(38)24-13-12-23(39-24)26(30)31;1-2-3(4)5/h6-20,23,33H,1,21-22H2,2-5H3,(H,40,45)(H,41,42,46);6-15,17,26,32H,1,16H2,2-5H3,(H,33,37)(H,34,35,38);2H,1H2/t23-;17-;/m00./s1. The molecule has 9 aromatic rings. The van der Waals surface area contributed by atoms with Crippen LogP contribution in [0.5, 0.6) is 0 Å². The molecule has 0 bridgehead atoms. The largest absolute Gasteiger partial charge is 0.445 e. The van der Waals surface area contributed by atoms with Crippen molar-refractivity contribution in [1.29, 1.82) is 0 Å². The molecule has 93 heavy (non-hydrogen) atoms. The van der Waals surface area contributed by atoms with E-state index in [4.69, 9.17) is 26.3 Å². The highest BCUT2D eigenvalue weighted by Crippen LogP contribution is 2.34. The highest BCUT2D eigenvalue weighted by molar-refractivity contribution is 7.14. The maximum Gasteiger partial charge on any atom is 0.410 e. The van der Waals surface area contributed by atoms with Gasteiger partial charge in [-0.15, -0.1) is 22.7 Å². The minimum Gasteiger partial charge on any atom is -0.445 e. The monoisotopic (exact) mass is 1330 g/mol. The number of allylic oxidation sites excluding steroid dienone is 1. The first kappa shape index (κ1) is 70.9. The fourth-order valence-electron chi connectivity index (χ4n) is 8.90. The molecule has 2 atom stereocenters. The molecule has 486 valence electrons. The Kier molecular flexibility index (Phi) is 24.1. The Hall–Kier alpha value is -9.55. The Morgan fingerprint density at radius 3 is 1.46 bits per heavy atom. The third-order valence-electron chi connectivity index (χ3n) is 14.7. The van der Waals surface area contributed by atoms with Crippen LogP contribution in [0.2, 0.25) is 0 Å². The average molecular weight is 1330 g/mol. The number of ether oxygens (including phenoxy) is 1. The van der Waals surface area contributed by atoms with Crippen molar-refractivity contribution in [2.24, 2.45) is 10.8 Å². The van der Waals surface area contributed by atoms with Gasteiger partial charge in [-0.3, -0.25) is 43.7 Å². The van der Waals surface area contributed by atoms with E-state index >= 15 is 0 Å². The number of rotatable bonds is 21. The molecule has 5 aromatic carbocycles. The summed E-state index contributed by atoms with van der Waals surface area (Å²) < 4.78 is 61.9. The van der Waals surface area contributed by atoms with Gasteiger partial charge in [0.25, 0.3) is 24.7 Å². The second-order valence-electron chi connectivity index (χ2n) is 23.3. The third-order valence-corrected chi connectivity index (χ3v) is 17.1. The Morgan fingerprint density at radius 1 is 0.581 bits per heavy atom. The lowest BCUT2D eigenvalue weighted by molar-refractivity contribution is -0.112. The van der Waals surface area contributed by atoms with E-state index in [0.717, 1.165) is 45.7 Å². The predicted octanol–water partition coefficient (Wildman–Crippen LogP) is 16.8. The summed E-state index contributed by atoms with van der Waals surface area (Å²) in [5.41, 5.74) is 7.24. The molecule has 0 saturated heterocycles. The quantitative estimate of drug-likeness (QED) is 0.0261. The molecule has 0 spiro atoms. The van der Waals surface area contributed by atoms with E-state index in [-0.39, 0.29) is 73.4 Å². The van der Waals surface area contributed by atoms with Gasteiger partial charge >= 0.3 is 6.09 Å². The van der Waals surface area contributed by atoms with Gasteiger partial charge in [-0.1, -0.05) is 116 Å². The summed E-state index contributed by atoms with van der Waals surface area (Å²) in [7, 11) is 0.